The largest absolute Gasteiger partial charge is 0.491 e. The van der Waals surface area contributed by atoms with E-state index in [1.807, 2.05) is 5.43 Å². The SMILES string of the molecule is NNC(=O)CCOc1ccc(Cl)cc1Cl. The summed E-state index contributed by atoms with van der Waals surface area (Å²) in [6.45, 7) is 0.213. The summed E-state index contributed by atoms with van der Waals surface area (Å²) < 4.78 is 5.26. The molecule has 0 unspecified atom stereocenters. The zero-order valence-electron chi connectivity index (χ0n) is 7.80. The fraction of sp³-hybridized carbons (Fsp3) is 0.222. The molecule has 0 aliphatic carbocycles. The minimum absolute atomic E-state index is 0.176. The lowest BCUT2D eigenvalue weighted by atomic mass is 10.3. The van der Waals surface area contributed by atoms with Gasteiger partial charge in [-0.15, -0.1) is 0 Å². The van der Waals surface area contributed by atoms with E-state index >= 15 is 0 Å². The van der Waals surface area contributed by atoms with Crippen molar-refractivity contribution in [3.05, 3.63) is 28.2 Å². The van der Waals surface area contributed by atoms with E-state index in [4.69, 9.17) is 33.8 Å². The Kier molecular flexibility index (Phi) is 4.68. The lowest BCUT2D eigenvalue weighted by Gasteiger charge is -2.07. The van der Waals surface area contributed by atoms with Crippen LogP contribution in [0.2, 0.25) is 10.0 Å². The Morgan fingerprint density at radius 3 is 2.80 bits per heavy atom. The third-order valence-corrected chi connectivity index (χ3v) is 2.17. The second kappa shape index (κ2) is 5.80. The fourth-order valence-corrected chi connectivity index (χ4v) is 1.38. The van der Waals surface area contributed by atoms with Crippen LogP contribution in [0.5, 0.6) is 5.75 Å². The van der Waals surface area contributed by atoms with Crippen LogP contribution < -0.4 is 16.0 Å². The topological polar surface area (TPSA) is 64.3 Å². The summed E-state index contributed by atoms with van der Waals surface area (Å²) >= 11 is 11.5. The summed E-state index contributed by atoms with van der Waals surface area (Å²) in [5, 5.41) is 0.947. The van der Waals surface area contributed by atoms with Gasteiger partial charge in [0, 0.05) is 5.02 Å². The predicted octanol–water partition coefficient (Wildman–Crippen LogP) is 1.75. The van der Waals surface area contributed by atoms with E-state index in [1.54, 1.807) is 18.2 Å². The van der Waals surface area contributed by atoms with Gasteiger partial charge in [-0.25, -0.2) is 5.84 Å². The van der Waals surface area contributed by atoms with Crippen LogP contribution in [-0.2, 0) is 4.79 Å². The third kappa shape index (κ3) is 3.95. The summed E-state index contributed by atoms with van der Waals surface area (Å²) in [7, 11) is 0. The van der Waals surface area contributed by atoms with Gasteiger partial charge in [-0.05, 0) is 18.2 Å². The second-order valence-electron chi connectivity index (χ2n) is 2.74. The Hall–Kier alpha value is -0.970. The van der Waals surface area contributed by atoms with Crippen molar-refractivity contribution in [2.45, 2.75) is 6.42 Å². The highest BCUT2D eigenvalue weighted by Crippen LogP contribution is 2.27. The van der Waals surface area contributed by atoms with Gasteiger partial charge in [0.15, 0.2) is 0 Å². The van der Waals surface area contributed by atoms with Gasteiger partial charge < -0.3 is 4.74 Å². The van der Waals surface area contributed by atoms with Gasteiger partial charge in [0.25, 0.3) is 0 Å². The smallest absolute Gasteiger partial charge is 0.237 e. The number of hydrogen-bond acceptors (Lipinski definition) is 3. The zero-order valence-corrected chi connectivity index (χ0v) is 9.31. The molecule has 0 aliphatic heterocycles. The number of nitrogens with two attached hydrogens (primary N) is 1. The van der Waals surface area contributed by atoms with Gasteiger partial charge in [-0.1, -0.05) is 23.2 Å². The van der Waals surface area contributed by atoms with Crippen molar-refractivity contribution in [1.82, 2.24) is 5.43 Å². The van der Waals surface area contributed by atoms with Crippen LogP contribution in [0.3, 0.4) is 0 Å². The molecule has 0 radical (unpaired) electrons. The number of carbonyl (C=O) groups excluding carboxylic acids is 1. The molecule has 1 amide bonds. The molecule has 4 nitrogen and oxygen atoms in total. The molecule has 82 valence electrons. The van der Waals surface area contributed by atoms with Crippen molar-refractivity contribution >= 4 is 29.1 Å². The van der Waals surface area contributed by atoms with Crippen LogP contribution in [-0.4, -0.2) is 12.5 Å². The number of carbonyl (C=O) groups is 1. The predicted molar refractivity (Wildman–Crippen MR) is 58.9 cm³/mol. The number of amides is 1. The summed E-state index contributed by atoms with van der Waals surface area (Å²) in [6, 6.07) is 4.87. The number of benzene rings is 1. The number of ether oxygens (including phenoxy) is 1. The van der Waals surface area contributed by atoms with Crippen molar-refractivity contribution in [2.75, 3.05) is 6.61 Å². The van der Waals surface area contributed by atoms with Crippen molar-refractivity contribution < 1.29 is 9.53 Å². The molecular weight excluding hydrogens is 239 g/mol. The third-order valence-electron chi connectivity index (χ3n) is 1.64. The monoisotopic (exact) mass is 248 g/mol. The van der Waals surface area contributed by atoms with Gasteiger partial charge in [0.2, 0.25) is 5.91 Å². The first kappa shape index (κ1) is 12.1. The number of nitrogens with one attached hydrogen (secondary N) is 1. The van der Waals surface area contributed by atoms with Crippen molar-refractivity contribution in [2.24, 2.45) is 5.84 Å². The van der Waals surface area contributed by atoms with Gasteiger partial charge in [0.1, 0.15) is 5.75 Å². The van der Waals surface area contributed by atoms with Gasteiger partial charge in [-0.3, -0.25) is 10.2 Å². The molecule has 0 fully saturated rings. The molecule has 0 atom stereocenters. The summed E-state index contributed by atoms with van der Waals surface area (Å²) in [5.74, 6) is 5.10. The number of rotatable bonds is 4. The average Bonchev–Trinajstić information content (AvgIpc) is 2.21. The van der Waals surface area contributed by atoms with E-state index in [0.717, 1.165) is 0 Å². The van der Waals surface area contributed by atoms with Gasteiger partial charge in [-0.2, -0.15) is 0 Å². The van der Waals surface area contributed by atoms with Crippen LogP contribution >= 0.6 is 23.2 Å². The van der Waals surface area contributed by atoms with Crippen LogP contribution in [0.4, 0.5) is 0 Å². The Bertz CT molecular complexity index is 358. The second-order valence-corrected chi connectivity index (χ2v) is 3.58. The Labute approximate surface area is 97.3 Å². The molecule has 0 saturated carbocycles. The van der Waals surface area contributed by atoms with Gasteiger partial charge in [0.05, 0.1) is 18.1 Å². The molecule has 3 N–H and O–H groups in total. The lowest BCUT2D eigenvalue weighted by Crippen LogP contribution is -2.31. The first-order chi connectivity index (χ1) is 7.13. The van der Waals surface area contributed by atoms with Crippen LogP contribution in [0.15, 0.2) is 18.2 Å². The Morgan fingerprint density at radius 2 is 2.20 bits per heavy atom. The van der Waals surface area contributed by atoms with E-state index in [2.05, 4.69) is 0 Å². The Morgan fingerprint density at radius 1 is 1.47 bits per heavy atom. The number of halogens is 2. The fourth-order valence-electron chi connectivity index (χ4n) is 0.918. The van der Waals surface area contributed by atoms with Crippen molar-refractivity contribution in [3.8, 4) is 5.75 Å². The lowest BCUT2D eigenvalue weighted by molar-refractivity contribution is -0.121. The molecule has 0 bridgehead atoms. The molecule has 0 spiro atoms. The highest BCUT2D eigenvalue weighted by atomic mass is 35.5. The molecule has 0 aromatic heterocycles. The molecule has 0 aliphatic rings. The number of hydrogen-bond donors (Lipinski definition) is 2. The van der Waals surface area contributed by atoms with E-state index in [9.17, 15) is 4.79 Å². The first-order valence-corrected chi connectivity index (χ1v) is 4.96. The van der Waals surface area contributed by atoms with Crippen LogP contribution in [0, 0.1) is 0 Å². The van der Waals surface area contributed by atoms with E-state index in [-0.39, 0.29) is 18.9 Å². The van der Waals surface area contributed by atoms with Gasteiger partial charge >= 0.3 is 0 Å². The highest BCUT2D eigenvalue weighted by Gasteiger charge is 2.03. The molecule has 6 heteroatoms. The molecule has 15 heavy (non-hydrogen) atoms. The standard InChI is InChI=1S/C9H10Cl2N2O2/c10-6-1-2-8(7(11)5-6)15-4-3-9(14)13-12/h1-2,5H,3-4,12H2,(H,13,14). The molecule has 0 heterocycles. The van der Waals surface area contributed by atoms with E-state index in [1.165, 1.54) is 0 Å². The normalized spacial score (nSPS) is 9.80. The van der Waals surface area contributed by atoms with E-state index in [0.29, 0.717) is 15.8 Å². The average molecular weight is 249 g/mol. The number of hydrazine groups is 1. The first-order valence-electron chi connectivity index (χ1n) is 4.21. The van der Waals surface area contributed by atoms with Crippen molar-refractivity contribution in [3.63, 3.8) is 0 Å². The minimum Gasteiger partial charge on any atom is -0.491 e. The van der Waals surface area contributed by atoms with E-state index < -0.39 is 0 Å². The summed E-state index contributed by atoms with van der Waals surface area (Å²) in [6.07, 6.45) is 0.176. The maximum Gasteiger partial charge on any atom is 0.237 e. The van der Waals surface area contributed by atoms with Crippen LogP contribution in [0.1, 0.15) is 6.42 Å². The van der Waals surface area contributed by atoms with Crippen molar-refractivity contribution in [1.29, 1.82) is 0 Å². The maximum absolute atomic E-state index is 10.8. The molecule has 1 aromatic rings. The molecule has 1 rings (SSSR count). The molecule has 1 aromatic carbocycles. The zero-order chi connectivity index (χ0) is 11.3. The minimum atomic E-state index is -0.292. The quantitative estimate of drug-likeness (QED) is 0.485. The summed E-state index contributed by atoms with van der Waals surface area (Å²) in [5.41, 5.74) is 2.00. The molecule has 0 saturated heterocycles. The Balaban J connectivity index is 2.47. The summed E-state index contributed by atoms with van der Waals surface area (Å²) in [4.78, 5) is 10.8. The highest BCUT2D eigenvalue weighted by molar-refractivity contribution is 6.35. The van der Waals surface area contributed by atoms with Crippen LogP contribution in [0.25, 0.3) is 0 Å². The molecular formula is C9H10Cl2N2O2. The maximum atomic E-state index is 10.8.